The first-order valence-electron chi connectivity index (χ1n) is 4.22. The molecular formula is C8H7FN2O5. The van der Waals surface area contributed by atoms with Crippen molar-refractivity contribution in [2.75, 3.05) is 0 Å². The Morgan fingerprint density at radius 2 is 1.94 bits per heavy atom. The second kappa shape index (κ2) is 4.51. The zero-order chi connectivity index (χ0) is 12.3. The van der Waals surface area contributed by atoms with Crippen LogP contribution >= 0.6 is 0 Å². The molecule has 0 atom stereocenters. The molecule has 1 heterocycles. The number of carbonyl (C=O) groups is 2. The van der Waals surface area contributed by atoms with Crippen LogP contribution in [-0.4, -0.2) is 21.7 Å². The van der Waals surface area contributed by atoms with Gasteiger partial charge in [0.1, 0.15) is 0 Å². The molecule has 0 unspecified atom stereocenters. The van der Waals surface area contributed by atoms with Crippen molar-refractivity contribution < 1.29 is 18.7 Å². The molecule has 0 saturated heterocycles. The van der Waals surface area contributed by atoms with Crippen LogP contribution in [0.25, 0.3) is 0 Å². The number of esters is 1. The highest BCUT2D eigenvalue weighted by atomic mass is 19.1. The third kappa shape index (κ3) is 2.41. The van der Waals surface area contributed by atoms with E-state index >= 15 is 0 Å². The van der Waals surface area contributed by atoms with Crippen LogP contribution in [0.4, 0.5) is 4.39 Å². The number of halogens is 1. The first-order chi connectivity index (χ1) is 7.45. The molecule has 0 radical (unpaired) electrons. The highest BCUT2D eigenvalue weighted by Crippen LogP contribution is 2.05. The Morgan fingerprint density at radius 3 is 2.50 bits per heavy atom. The van der Waals surface area contributed by atoms with E-state index in [-0.39, 0.29) is 6.42 Å². The van der Waals surface area contributed by atoms with Gasteiger partial charge >= 0.3 is 11.7 Å². The molecule has 0 bridgehead atoms. The highest BCUT2D eigenvalue weighted by molar-refractivity contribution is 6.34. The summed E-state index contributed by atoms with van der Waals surface area (Å²) < 4.78 is 17.2. The maximum Gasteiger partial charge on any atom is 0.381 e. The zero-order valence-corrected chi connectivity index (χ0v) is 8.13. The summed E-state index contributed by atoms with van der Waals surface area (Å²) in [6.45, 7) is 1.40. The van der Waals surface area contributed by atoms with Crippen molar-refractivity contribution in [1.29, 1.82) is 0 Å². The number of aromatic amines is 2. The Balaban J connectivity index is 3.07. The molecule has 0 aliphatic carbocycles. The predicted octanol–water partition coefficient (Wildman–Crippen LogP) is -0.913. The molecule has 0 aliphatic rings. The third-order valence-corrected chi connectivity index (χ3v) is 1.60. The number of Topliss-reactive ketones (excluding diaryl/α,β-unsaturated/α-hetero) is 1. The van der Waals surface area contributed by atoms with Crippen molar-refractivity contribution in [3.63, 3.8) is 0 Å². The predicted molar refractivity (Wildman–Crippen MR) is 48.6 cm³/mol. The van der Waals surface area contributed by atoms with Crippen molar-refractivity contribution >= 4 is 11.8 Å². The summed E-state index contributed by atoms with van der Waals surface area (Å²) in [6, 6.07) is 0. The largest absolute Gasteiger partial charge is 0.400 e. The molecule has 1 aromatic heterocycles. The number of rotatable bonds is 3. The van der Waals surface area contributed by atoms with E-state index in [4.69, 9.17) is 0 Å². The molecule has 0 amide bonds. The lowest BCUT2D eigenvalue weighted by Crippen LogP contribution is -2.29. The second-order valence-electron chi connectivity index (χ2n) is 2.72. The van der Waals surface area contributed by atoms with Crippen LogP contribution in [0.15, 0.2) is 9.59 Å². The van der Waals surface area contributed by atoms with Crippen LogP contribution in [0.3, 0.4) is 0 Å². The smallest absolute Gasteiger partial charge is 0.381 e. The van der Waals surface area contributed by atoms with Gasteiger partial charge in [-0.15, -0.1) is 0 Å². The molecule has 0 aliphatic heterocycles. The summed E-state index contributed by atoms with van der Waals surface area (Å²) in [7, 11) is 0. The minimum atomic E-state index is -1.48. The molecule has 1 rings (SSSR count). The number of ether oxygens (including phenoxy) is 1. The Morgan fingerprint density at radius 1 is 1.31 bits per heavy atom. The molecular weight excluding hydrogens is 223 g/mol. The van der Waals surface area contributed by atoms with Crippen LogP contribution < -0.4 is 16.0 Å². The third-order valence-electron chi connectivity index (χ3n) is 1.60. The molecule has 0 aromatic carbocycles. The summed E-state index contributed by atoms with van der Waals surface area (Å²) in [5.74, 6) is -4.69. The average molecular weight is 230 g/mol. The number of hydrogen-bond acceptors (Lipinski definition) is 5. The quantitative estimate of drug-likeness (QED) is 0.516. The van der Waals surface area contributed by atoms with Crippen LogP contribution in [0.2, 0.25) is 0 Å². The summed E-state index contributed by atoms with van der Waals surface area (Å²) >= 11 is 0. The Bertz CT molecular complexity index is 544. The van der Waals surface area contributed by atoms with E-state index in [9.17, 15) is 23.6 Å². The summed E-state index contributed by atoms with van der Waals surface area (Å²) in [6.07, 6.45) is -0.131. The molecule has 8 heteroatoms. The fourth-order valence-corrected chi connectivity index (χ4v) is 0.815. The zero-order valence-electron chi connectivity index (χ0n) is 8.13. The van der Waals surface area contributed by atoms with Gasteiger partial charge in [-0.05, 0) is 0 Å². The standard InChI is InChI=1S/C8H7FN2O5/c1-2-3(12)7(14)16-6-4(9)5(13)10-8(15)11-6/h2H2,1H3,(H2,10,11,13,15). The fraction of sp³-hybridized carbons (Fsp3) is 0.250. The number of hydrogen-bond donors (Lipinski definition) is 2. The van der Waals surface area contributed by atoms with E-state index in [0.29, 0.717) is 0 Å². The maximum absolute atomic E-state index is 13.0. The van der Waals surface area contributed by atoms with Crippen molar-refractivity contribution in [2.45, 2.75) is 13.3 Å². The average Bonchev–Trinajstić information content (AvgIpc) is 2.23. The van der Waals surface area contributed by atoms with Crippen molar-refractivity contribution in [1.82, 2.24) is 9.97 Å². The summed E-state index contributed by atoms with van der Waals surface area (Å²) in [5.41, 5.74) is -2.38. The normalized spacial score (nSPS) is 9.88. The Hall–Kier alpha value is -2.25. The molecule has 0 saturated carbocycles. The topological polar surface area (TPSA) is 109 Å². The van der Waals surface area contributed by atoms with Crippen LogP contribution in [0, 0.1) is 5.82 Å². The van der Waals surface area contributed by atoms with Gasteiger partial charge in [0.15, 0.2) is 0 Å². The lowest BCUT2D eigenvalue weighted by atomic mass is 10.3. The van der Waals surface area contributed by atoms with Gasteiger partial charge < -0.3 is 4.74 Å². The molecule has 86 valence electrons. The first-order valence-corrected chi connectivity index (χ1v) is 4.22. The highest BCUT2D eigenvalue weighted by Gasteiger charge is 2.18. The molecule has 7 nitrogen and oxygen atoms in total. The van der Waals surface area contributed by atoms with Crippen molar-refractivity contribution in [2.24, 2.45) is 0 Å². The van der Waals surface area contributed by atoms with E-state index in [1.54, 1.807) is 9.97 Å². The first kappa shape index (κ1) is 11.8. The fourth-order valence-electron chi connectivity index (χ4n) is 0.815. The van der Waals surface area contributed by atoms with Gasteiger partial charge in [0, 0.05) is 6.42 Å². The van der Waals surface area contributed by atoms with Gasteiger partial charge in [-0.3, -0.25) is 19.6 Å². The monoisotopic (exact) mass is 230 g/mol. The van der Waals surface area contributed by atoms with Gasteiger partial charge in [-0.25, -0.2) is 9.59 Å². The van der Waals surface area contributed by atoms with Crippen molar-refractivity contribution in [3.05, 3.63) is 26.7 Å². The molecule has 0 spiro atoms. The number of nitrogens with one attached hydrogen (secondary N) is 2. The van der Waals surface area contributed by atoms with E-state index < -0.39 is 34.7 Å². The molecule has 16 heavy (non-hydrogen) atoms. The van der Waals surface area contributed by atoms with E-state index in [0.717, 1.165) is 0 Å². The van der Waals surface area contributed by atoms with Gasteiger partial charge in [0.2, 0.25) is 17.5 Å². The Labute approximate surface area is 87.3 Å². The minimum absolute atomic E-state index is 0.131. The van der Waals surface area contributed by atoms with E-state index in [2.05, 4.69) is 4.74 Å². The SMILES string of the molecule is CCC(=O)C(=O)Oc1[nH]c(=O)[nH]c(=O)c1F. The van der Waals surface area contributed by atoms with Gasteiger partial charge in [0.25, 0.3) is 5.56 Å². The Kier molecular flexibility index (Phi) is 3.33. The van der Waals surface area contributed by atoms with Gasteiger partial charge in [-0.2, -0.15) is 4.39 Å². The van der Waals surface area contributed by atoms with Gasteiger partial charge in [0.05, 0.1) is 0 Å². The number of aromatic nitrogens is 2. The lowest BCUT2D eigenvalue weighted by molar-refractivity contribution is -0.147. The summed E-state index contributed by atoms with van der Waals surface area (Å²) in [5, 5.41) is 0. The van der Waals surface area contributed by atoms with E-state index in [1.165, 1.54) is 6.92 Å². The van der Waals surface area contributed by atoms with E-state index in [1.807, 2.05) is 0 Å². The van der Waals surface area contributed by atoms with Crippen LogP contribution in [0.5, 0.6) is 5.88 Å². The van der Waals surface area contributed by atoms with Crippen molar-refractivity contribution in [3.8, 4) is 5.88 Å². The molecule has 2 N–H and O–H groups in total. The van der Waals surface area contributed by atoms with Crippen LogP contribution in [0.1, 0.15) is 13.3 Å². The van der Waals surface area contributed by atoms with Crippen LogP contribution in [-0.2, 0) is 9.59 Å². The second-order valence-corrected chi connectivity index (χ2v) is 2.72. The number of carbonyl (C=O) groups excluding carboxylic acids is 2. The number of ketones is 1. The maximum atomic E-state index is 13.0. The minimum Gasteiger partial charge on any atom is -0.400 e. The molecule has 0 fully saturated rings. The number of H-pyrrole nitrogens is 2. The molecule has 1 aromatic rings. The lowest BCUT2D eigenvalue weighted by Gasteiger charge is -2.01. The van der Waals surface area contributed by atoms with Gasteiger partial charge in [-0.1, -0.05) is 6.92 Å². The summed E-state index contributed by atoms with van der Waals surface area (Å²) in [4.78, 5) is 46.6.